The molecule has 0 radical (unpaired) electrons. The van der Waals surface area contributed by atoms with E-state index in [2.05, 4.69) is 5.32 Å². The van der Waals surface area contributed by atoms with E-state index in [1.807, 2.05) is 0 Å². The molecule has 1 fully saturated rings. The van der Waals surface area contributed by atoms with Gasteiger partial charge in [0, 0.05) is 17.0 Å². The Kier molecular flexibility index (Phi) is 4.23. The molecule has 8 heteroatoms. The number of rotatable bonds is 5. The van der Waals surface area contributed by atoms with Gasteiger partial charge in [0.25, 0.3) is 5.69 Å². The summed E-state index contributed by atoms with van der Waals surface area (Å²) in [4.78, 5) is 33.8. The predicted octanol–water partition coefficient (Wildman–Crippen LogP) is 1.12. The van der Waals surface area contributed by atoms with E-state index in [1.165, 1.54) is 18.2 Å². The lowest BCUT2D eigenvalue weighted by Gasteiger charge is -2.33. The van der Waals surface area contributed by atoms with Crippen LogP contribution in [0.5, 0.6) is 0 Å². The van der Waals surface area contributed by atoms with Crippen LogP contribution >= 0.6 is 11.8 Å². The SMILES string of the molecule is CCOC(=O)[C@H]1NC(=O)[C@@H]1Sc1cccc([N+](=O)[O-])c1. The standard InChI is InChI=1S/C12H12N2O5S/c1-2-19-12(16)9-10(11(15)13-9)20-8-5-3-4-7(6-8)14(17)18/h3-6,9-10H,2H2,1H3,(H,13,15)/t9-,10+/m0/s1. The summed E-state index contributed by atoms with van der Waals surface area (Å²) in [6.45, 7) is 1.92. The maximum atomic E-state index is 11.6. The summed E-state index contributed by atoms with van der Waals surface area (Å²) in [5.74, 6) is -0.769. The van der Waals surface area contributed by atoms with E-state index in [-0.39, 0.29) is 18.2 Å². The number of nitrogens with one attached hydrogen (secondary N) is 1. The number of nitrogens with zero attached hydrogens (tertiary/aromatic N) is 1. The number of non-ortho nitro benzene ring substituents is 1. The Morgan fingerprint density at radius 2 is 2.30 bits per heavy atom. The Balaban J connectivity index is 2.08. The molecule has 0 aliphatic carbocycles. The number of carbonyl (C=O) groups excluding carboxylic acids is 2. The van der Waals surface area contributed by atoms with Crippen molar-refractivity contribution in [1.29, 1.82) is 0 Å². The zero-order valence-electron chi connectivity index (χ0n) is 10.6. The van der Waals surface area contributed by atoms with Gasteiger partial charge in [0.1, 0.15) is 11.3 Å². The number of β-lactam (4-membered cyclic amide) rings is 1. The molecule has 1 amide bonds. The van der Waals surface area contributed by atoms with Crippen molar-refractivity contribution in [3.05, 3.63) is 34.4 Å². The lowest BCUT2D eigenvalue weighted by atomic mass is 10.1. The molecule has 0 aromatic heterocycles. The summed E-state index contributed by atoms with van der Waals surface area (Å²) >= 11 is 1.12. The van der Waals surface area contributed by atoms with Crippen molar-refractivity contribution in [1.82, 2.24) is 5.32 Å². The van der Waals surface area contributed by atoms with Crippen LogP contribution in [-0.2, 0) is 14.3 Å². The van der Waals surface area contributed by atoms with Crippen molar-refractivity contribution < 1.29 is 19.2 Å². The maximum Gasteiger partial charge on any atom is 0.330 e. The quantitative estimate of drug-likeness (QED) is 0.378. The molecule has 0 bridgehead atoms. The highest BCUT2D eigenvalue weighted by molar-refractivity contribution is 8.00. The molecule has 2 atom stereocenters. The van der Waals surface area contributed by atoms with Crippen molar-refractivity contribution in [3.63, 3.8) is 0 Å². The number of ether oxygens (including phenoxy) is 1. The van der Waals surface area contributed by atoms with E-state index in [0.717, 1.165) is 11.8 Å². The number of hydrogen-bond donors (Lipinski definition) is 1. The first kappa shape index (κ1) is 14.3. The lowest BCUT2D eigenvalue weighted by molar-refractivity contribution is -0.385. The van der Waals surface area contributed by atoms with Crippen LogP contribution < -0.4 is 5.32 Å². The first-order valence-electron chi connectivity index (χ1n) is 5.91. The highest BCUT2D eigenvalue weighted by Crippen LogP contribution is 2.32. The monoisotopic (exact) mass is 296 g/mol. The Bertz CT molecular complexity index is 563. The van der Waals surface area contributed by atoms with E-state index < -0.39 is 22.2 Å². The third kappa shape index (κ3) is 2.90. The predicted molar refractivity (Wildman–Crippen MR) is 71.3 cm³/mol. The van der Waals surface area contributed by atoms with E-state index in [9.17, 15) is 19.7 Å². The van der Waals surface area contributed by atoms with Crippen LogP contribution in [0.15, 0.2) is 29.2 Å². The Morgan fingerprint density at radius 1 is 1.55 bits per heavy atom. The summed E-state index contributed by atoms with van der Waals surface area (Å²) in [5, 5.41) is 12.5. The third-order valence-corrected chi connectivity index (χ3v) is 3.96. The second-order valence-corrected chi connectivity index (χ2v) is 5.25. The molecule has 0 saturated carbocycles. The number of amides is 1. The number of nitro benzene ring substituents is 1. The Hall–Kier alpha value is -2.09. The van der Waals surface area contributed by atoms with E-state index in [1.54, 1.807) is 13.0 Å². The fraction of sp³-hybridized carbons (Fsp3) is 0.333. The van der Waals surface area contributed by atoms with Gasteiger partial charge in [-0.05, 0) is 13.0 Å². The van der Waals surface area contributed by atoms with Gasteiger partial charge in [0.15, 0.2) is 0 Å². The molecule has 1 aliphatic heterocycles. The minimum Gasteiger partial charge on any atom is -0.464 e. The zero-order chi connectivity index (χ0) is 14.7. The fourth-order valence-electron chi connectivity index (χ4n) is 1.72. The summed E-state index contributed by atoms with van der Waals surface area (Å²) in [6.07, 6.45) is 0. The van der Waals surface area contributed by atoms with Crippen molar-refractivity contribution >= 4 is 29.3 Å². The van der Waals surface area contributed by atoms with Crippen LogP contribution in [0.25, 0.3) is 0 Å². The minimum atomic E-state index is -0.702. The van der Waals surface area contributed by atoms with Crippen LogP contribution in [0.2, 0.25) is 0 Å². The van der Waals surface area contributed by atoms with Crippen LogP contribution in [0, 0.1) is 10.1 Å². The van der Waals surface area contributed by atoms with Crippen molar-refractivity contribution in [2.75, 3.05) is 6.61 Å². The van der Waals surface area contributed by atoms with Gasteiger partial charge in [-0.1, -0.05) is 6.07 Å². The van der Waals surface area contributed by atoms with Gasteiger partial charge in [-0.3, -0.25) is 14.9 Å². The Labute approximate surface area is 118 Å². The van der Waals surface area contributed by atoms with E-state index >= 15 is 0 Å². The van der Waals surface area contributed by atoms with Gasteiger partial charge in [0.05, 0.1) is 11.5 Å². The molecular weight excluding hydrogens is 284 g/mol. The zero-order valence-corrected chi connectivity index (χ0v) is 11.4. The summed E-state index contributed by atoms with van der Waals surface area (Å²) < 4.78 is 4.85. The van der Waals surface area contributed by atoms with Gasteiger partial charge in [-0.15, -0.1) is 11.8 Å². The topological polar surface area (TPSA) is 98.5 Å². The first-order chi connectivity index (χ1) is 9.52. The number of nitro groups is 1. The molecule has 0 spiro atoms. The molecule has 0 unspecified atom stereocenters. The van der Waals surface area contributed by atoms with Gasteiger partial charge in [-0.25, -0.2) is 4.79 Å². The van der Waals surface area contributed by atoms with Crippen LogP contribution in [0.3, 0.4) is 0 Å². The average Bonchev–Trinajstić information content (AvgIpc) is 2.42. The smallest absolute Gasteiger partial charge is 0.330 e. The van der Waals surface area contributed by atoms with Crippen LogP contribution in [0.4, 0.5) is 5.69 Å². The summed E-state index contributed by atoms with van der Waals surface area (Å²) in [6, 6.07) is 5.24. The number of hydrogen-bond acceptors (Lipinski definition) is 6. The highest BCUT2D eigenvalue weighted by Gasteiger charge is 2.45. The molecule has 1 aromatic rings. The third-order valence-electron chi connectivity index (χ3n) is 2.69. The van der Waals surface area contributed by atoms with Gasteiger partial charge in [0.2, 0.25) is 5.91 Å². The first-order valence-corrected chi connectivity index (χ1v) is 6.79. The van der Waals surface area contributed by atoms with Gasteiger partial charge >= 0.3 is 5.97 Å². The molecule has 2 rings (SSSR count). The molecule has 7 nitrogen and oxygen atoms in total. The number of carbonyl (C=O) groups is 2. The number of thioether (sulfide) groups is 1. The molecule has 1 saturated heterocycles. The Morgan fingerprint density at radius 3 is 2.90 bits per heavy atom. The lowest BCUT2D eigenvalue weighted by Crippen LogP contribution is -2.64. The molecule has 1 aromatic carbocycles. The maximum absolute atomic E-state index is 11.6. The highest BCUT2D eigenvalue weighted by atomic mass is 32.2. The van der Waals surface area contributed by atoms with Crippen molar-refractivity contribution in [2.45, 2.75) is 23.1 Å². The van der Waals surface area contributed by atoms with Crippen LogP contribution in [-0.4, -0.2) is 34.7 Å². The summed E-state index contributed by atoms with van der Waals surface area (Å²) in [5.41, 5.74) is -0.0533. The molecule has 20 heavy (non-hydrogen) atoms. The molecular formula is C12H12N2O5S. The number of esters is 1. The van der Waals surface area contributed by atoms with Crippen molar-refractivity contribution in [2.24, 2.45) is 0 Å². The number of benzene rings is 1. The van der Waals surface area contributed by atoms with Crippen molar-refractivity contribution in [3.8, 4) is 0 Å². The molecule has 1 heterocycles. The van der Waals surface area contributed by atoms with Gasteiger partial charge < -0.3 is 10.1 Å². The second kappa shape index (κ2) is 5.91. The van der Waals surface area contributed by atoms with Crippen LogP contribution in [0.1, 0.15) is 6.92 Å². The summed E-state index contributed by atoms with van der Waals surface area (Å²) in [7, 11) is 0. The fourth-order valence-corrected chi connectivity index (χ4v) is 2.85. The normalized spacial score (nSPS) is 20.8. The molecule has 1 aliphatic rings. The second-order valence-electron chi connectivity index (χ2n) is 4.03. The molecule has 106 valence electrons. The van der Waals surface area contributed by atoms with E-state index in [4.69, 9.17) is 4.74 Å². The largest absolute Gasteiger partial charge is 0.464 e. The van der Waals surface area contributed by atoms with E-state index in [0.29, 0.717) is 4.90 Å². The average molecular weight is 296 g/mol. The molecule has 1 N–H and O–H groups in total. The minimum absolute atomic E-state index is 0.0533. The van der Waals surface area contributed by atoms with Gasteiger partial charge in [-0.2, -0.15) is 0 Å².